The average Bonchev–Trinajstić information content (AvgIpc) is 3.00. The van der Waals surface area contributed by atoms with E-state index in [9.17, 15) is 26.3 Å². The number of nitrogens with two attached hydrogens (primary N) is 1. The maximum atomic E-state index is 10.6. The summed E-state index contributed by atoms with van der Waals surface area (Å²) in [4.78, 5) is 34.5. The molecule has 0 aliphatic carbocycles. The summed E-state index contributed by atoms with van der Waals surface area (Å²) in [5.41, 5.74) is 11.8. The molecule has 2 aromatic heterocycles. The molecule has 1 saturated heterocycles. The van der Waals surface area contributed by atoms with Crippen LogP contribution < -0.4 is 16.0 Å². The number of carboxylic acid groups (broad SMARTS) is 2. The summed E-state index contributed by atoms with van der Waals surface area (Å²) in [5.74, 6) is -4.77. The predicted octanol–water partition coefficient (Wildman–Crippen LogP) is 4.88. The summed E-state index contributed by atoms with van der Waals surface area (Å²) < 4.78 is 63.5. The highest BCUT2D eigenvalue weighted by Crippen LogP contribution is 2.33. The van der Waals surface area contributed by atoms with Gasteiger partial charge in [0.1, 0.15) is 0 Å². The van der Waals surface area contributed by atoms with E-state index in [1.165, 1.54) is 0 Å². The van der Waals surface area contributed by atoms with E-state index in [1.54, 1.807) is 0 Å². The van der Waals surface area contributed by atoms with Gasteiger partial charge in [-0.05, 0) is 24.1 Å². The lowest BCUT2D eigenvalue weighted by Crippen LogP contribution is -2.49. The minimum absolute atomic E-state index is 0.415. The molecule has 5 rings (SSSR count). The standard InChI is InChI=1S/C25H26N6.2C2HF3O2/c1-17-16-31(12-11-27-17)25-28-15-21-13-22(19-5-3-2-4-6-19)23(29-24(21)30-25)20-9-7-18(14-26)8-10-20;2*3-2(4,5)1(6)7/h2-10,13,15,17,27H,11-12,14,16,26H2,1H3;2*(H,6,7)/t17-;;/m0../s1. The number of pyridine rings is 1. The van der Waals surface area contributed by atoms with Gasteiger partial charge in [0.25, 0.3) is 0 Å². The summed E-state index contributed by atoms with van der Waals surface area (Å²) in [6, 6.07) is 21.2. The van der Waals surface area contributed by atoms with Gasteiger partial charge in [0.2, 0.25) is 5.95 Å². The van der Waals surface area contributed by atoms with Crippen LogP contribution in [-0.2, 0) is 16.1 Å². The van der Waals surface area contributed by atoms with Gasteiger partial charge >= 0.3 is 24.3 Å². The lowest BCUT2D eigenvalue weighted by atomic mass is 9.98. The topological polar surface area (TPSA) is 155 Å². The molecule has 0 bridgehead atoms. The summed E-state index contributed by atoms with van der Waals surface area (Å²) >= 11 is 0. The Morgan fingerprint density at radius 3 is 2.02 bits per heavy atom. The maximum absolute atomic E-state index is 10.6. The van der Waals surface area contributed by atoms with Crippen LogP contribution in [0.3, 0.4) is 0 Å². The molecule has 1 aliphatic heterocycles. The van der Waals surface area contributed by atoms with E-state index in [1.807, 2.05) is 24.4 Å². The number of carbonyl (C=O) groups is 2. The van der Waals surface area contributed by atoms with Gasteiger partial charge in [0.05, 0.1) is 5.69 Å². The number of nitrogens with one attached hydrogen (secondary N) is 1. The number of nitrogens with zero attached hydrogens (tertiary/aromatic N) is 4. The smallest absolute Gasteiger partial charge is 0.475 e. The quantitative estimate of drug-likeness (QED) is 0.227. The van der Waals surface area contributed by atoms with Crippen molar-refractivity contribution in [1.29, 1.82) is 0 Å². The van der Waals surface area contributed by atoms with Gasteiger partial charge < -0.3 is 26.2 Å². The zero-order valence-electron chi connectivity index (χ0n) is 23.6. The molecule has 0 spiro atoms. The zero-order valence-corrected chi connectivity index (χ0v) is 23.6. The lowest BCUT2D eigenvalue weighted by molar-refractivity contribution is -0.193. The molecule has 240 valence electrons. The summed E-state index contributed by atoms with van der Waals surface area (Å²) in [6.07, 6.45) is -8.27. The van der Waals surface area contributed by atoms with Crippen LogP contribution in [0, 0.1) is 0 Å². The number of halogens is 6. The minimum atomic E-state index is -5.08. The van der Waals surface area contributed by atoms with Crippen molar-refractivity contribution in [2.75, 3.05) is 24.5 Å². The van der Waals surface area contributed by atoms with Crippen LogP contribution in [0.2, 0.25) is 0 Å². The van der Waals surface area contributed by atoms with Crippen LogP contribution >= 0.6 is 0 Å². The molecular weight excluding hydrogens is 610 g/mol. The minimum Gasteiger partial charge on any atom is -0.475 e. The van der Waals surface area contributed by atoms with E-state index in [2.05, 4.69) is 64.6 Å². The summed E-state index contributed by atoms with van der Waals surface area (Å²) in [7, 11) is 0. The molecule has 4 aromatic rings. The Morgan fingerprint density at radius 1 is 0.933 bits per heavy atom. The molecule has 3 heterocycles. The number of piperazine rings is 1. The fourth-order valence-corrected chi connectivity index (χ4v) is 4.08. The van der Waals surface area contributed by atoms with E-state index in [4.69, 9.17) is 35.5 Å². The number of benzene rings is 2. The first-order valence-electron chi connectivity index (χ1n) is 13.2. The predicted molar refractivity (Wildman–Crippen MR) is 153 cm³/mol. The third-order valence-corrected chi connectivity index (χ3v) is 6.24. The molecule has 2 aromatic carbocycles. The van der Waals surface area contributed by atoms with E-state index < -0.39 is 24.3 Å². The van der Waals surface area contributed by atoms with E-state index >= 15 is 0 Å². The van der Waals surface area contributed by atoms with E-state index in [-0.39, 0.29) is 0 Å². The second-order valence-electron chi connectivity index (χ2n) is 9.64. The van der Waals surface area contributed by atoms with Crippen molar-refractivity contribution in [3.63, 3.8) is 0 Å². The Bertz CT molecular complexity index is 1580. The Labute approximate surface area is 252 Å². The van der Waals surface area contributed by atoms with Crippen molar-refractivity contribution in [1.82, 2.24) is 20.3 Å². The van der Waals surface area contributed by atoms with Gasteiger partial charge in [0, 0.05) is 54.9 Å². The SMILES string of the molecule is C[C@H]1CN(c2ncc3cc(-c4ccccc4)c(-c4ccc(CN)cc4)nc3n2)CCN1.O=C(O)C(F)(F)F.O=C(O)C(F)(F)F. The number of anilines is 1. The van der Waals surface area contributed by atoms with Gasteiger partial charge in [-0.1, -0.05) is 54.6 Å². The van der Waals surface area contributed by atoms with Crippen molar-refractivity contribution in [3.8, 4) is 22.4 Å². The van der Waals surface area contributed by atoms with Crippen LogP contribution in [0.25, 0.3) is 33.4 Å². The first-order valence-corrected chi connectivity index (χ1v) is 13.2. The van der Waals surface area contributed by atoms with Gasteiger partial charge in [-0.25, -0.2) is 19.6 Å². The van der Waals surface area contributed by atoms with Crippen LogP contribution in [0.1, 0.15) is 12.5 Å². The normalized spacial score (nSPS) is 14.9. The highest BCUT2D eigenvalue weighted by molar-refractivity contribution is 5.90. The van der Waals surface area contributed by atoms with Gasteiger partial charge in [0.15, 0.2) is 5.65 Å². The van der Waals surface area contributed by atoms with Crippen molar-refractivity contribution < 1.29 is 46.1 Å². The number of aromatic nitrogens is 3. The maximum Gasteiger partial charge on any atom is 0.490 e. The number of aliphatic carboxylic acids is 2. The lowest BCUT2D eigenvalue weighted by Gasteiger charge is -2.31. The molecule has 0 saturated carbocycles. The first kappa shape index (κ1) is 34.7. The molecule has 5 N–H and O–H groups in total. The fourth-order valence-electron chi connectivity index (χ4n) is 4.08. The summed E-state index contributed by atoms with van der Waals surface area (Å²) in [5, 5.41) is 18.7. The molecule has 0 radical (unpaired) electrons. The molecule has 1 aliphatic rings. The highest BCUT2D eigenvalue weighted by atomic mass is 19.4. The number of fused-ring (bicyclic) bond motifs is 1. The van der Waals surface area contributed by atoms with Gasteiger partial charge in [-0.2, -0.15) is 31.3 Å². The van der Waals surface area contributed by atoms with E-state index in [0.29, 0.717) is 18.2 Å². The van der Waals surface area contributed by atoms with Crippen LogP contribution in [0.4, 0.5) is 32.3 Å². The van der Waals surface area contributed by atoms with Crippen LogP contribution in [-0.4, -0.2) is 75.1 Å². The molecule has 16 heteroatoms. The van der Waals surface area contributed by atoms with Gasteiger partial charge in [-0.3, -0.25) is 0 Å². The average molecular weight is 639 g/mol. The van der Waals surface area contributed by atoms with Crippen molar-refractivity contribution >= 4 is 28.9 Å². The molecule has 45 heavy (non-hydrogen) atoms. The van der Waals surface area contributed by atoms with Crippen LogP contribution in [0.5, 0.6) is 0 Å². The molecule has 0 unspecified atom stereocenters. The molecule has 10 nitrogen and oxygen atoms in total. The first-order chi connectivity index (χ1) is 21.1. The van der Waals surface area contributed by atoms with Crippen molar-refractivity contribution in [2.24, 2.45) is 5.73 Å². The molecule has 0 amide bonds. The number of carboxylic acids is 2. The number of hydrogen-bond acceptors (Lipinski definition) is 8. The number of hydrogen-bond donors (Lipinski definition) is 4. The van der Waals surface area contributed by atoms with Crippen LogP contribution in [0.15, 0.2) is 66.9 Å². The number of rotatable bonds is 4. The Hall–Kier alpha value is -4.83. The van der Waals surface area contributed by atoms with Crippen molar-refractivity contribution in [2.45, 2.75) is 31.9 Å². The molecular formula is C29H28F6N6O4. The Balaban J connectivity index is 0.000000331. The second-order valence-corrected chi connectivity index (χ2v) is 9.64. The summed E-state index contributed by atoms with van der Waals surface area (Å²) in [6.45, 7) is 5.42. The second kappa shape index (κ2) is 14.8. The fraction of sp³-hybridized carbons (Fsp3) is 0.276. The third-order valence-electron chi connectivity index (χ3n) is 6.24. The Kier molecular flexibility index (Phi) is 11.4. The van der Waals surface area contributed by atoms with E-state index in [0.717, 1.165) is 58.9 Å². The third kappa shape index (κ3) is 9.84. The molecule has 1 atom stereocenters. The van der Waals surface area contributed by atoms with Gasteiger partial charge in [-0.15, -0.1) is 0 Å². The molecule has 1 fully saturated rings. The largest absolute Gasteiger partial charge is 0.490 e. The Morgan fingerprint density at radius 2 is 1.51 bits per heavy atom. The number of alkyl halides is 6. The van der Waals surface area contributed by atoms with Crippen molar-refractivity contribution in [3.05, 3.63) is 72.4 Å². The monoisotopic (exact) mass is 638 g/mol. The highest BCUT2D eigenvalue weighted by Gasteiger charge is 2.38. The zero-order chi connectivity index (χ0) is 33.4.